The van der Waals surface area contributed by atoms with Crippen LogP contribution >= 0.6 is 12.2 Å². The topological polar surface area (TPSA) is 24.5 Å². The number of benzene rings is 2. The lowest BCUT2D eigenvalue weighted by atomic mass is 10.0. The molecular weight excluding hydrogens is 349 g/mol. The first kappa shape index (κ1) is 17.3. The number of anilines is 1. The molecule has 1 saturated heterocycles. The number of halogens is 3. The zero-order valence-electron chi connectivity index (χ0n) is 13.2. The van der Waals surface area contributed by atoms with E-state index in [1.54, 1.807) is 37.3 Å². The van der Waals surface area contributed by atoms with Gasteiger partial charge < -0.3 is 10.1 Å². The van der Waals surface area contributed by atoms with Crippen LogP contribution in [0, 0.1) is 0 Å². The number of para-hydroxylation sites is 1. The van der Waals surface area contributed by atoms with Gasteiger partial charge in [-0.15, -0.1) is 0 Å². The summed E-state index contributed by atoms with van der Waals surface area (Å²) in [5, 5.41) is 2.28. The second-order valence-electron chi connectivity index (χ2n) is 5.38. The van der Waals surface area contributed by atoms with E-state index >= 15 is 0 Å². The average molecular weight is 364 g/mol. The Hall–Kier alpha value is -2.54. The summed E-state index contributed by atoms with van der Waals surface area (Å²) in [6.45, 7) is 1.60. The van der Waals surface area contributed by atoms with Crippen LogP contribution in [0.25, 0.3) is 0 Å². The minimum absolute atomic E-state index is 0.0103. The van der Waals surface area contributed by atoms with Crippen LogP contribution < -0.4 is 10.2 Å². The number of rotatable bonds is 2. The number of ether oxygens (including phenoxy) is 1. The summed E-state index contributed by atoms with van der Waals surface area (Å²) in [6.07, 6.45) is -3.26. The Bertz CT molecular complexity index is 793. The highest BCUT2D eigenvalue weighted by atomic mass is 32.1. The standard InChI is InChI=1S/C18H15F3N2OS/c1-2-15-23(14-11-7-4-8-12-14)16(25)22-17(24-15,18(19,20)21)13-9-5-3-6-10-13/h2-12H,1H3,(H,22,25). The molecule has 1 atom stereocenters. The Morgan fingerprint density at radius 2 is 1.60 bits per heavy atom. The maximum Gasteiger partial charge on any atom is 0.453 e. The summed E-state index contributed by atoms with van der Waals surface area (Å²) in [5.74, 6) is 0.0103. The van der Waals surface area contributed by atoms with Crippen molar-refractivity contribution in [2.45, 2.75) is 18.8 Å². The quantitative estimate of drug-likeness (QED) is 0.783. The first-order valence-corrected chi connectivity index (χ1v) is 7.95. The lowest BCUT2D eigenvalue weighted by Gasteiger charge is -2.46. The average Bonchev–Trinajstić information content (AvgIpc) is 2.61. The van der Waals surface area contributed by atoms with Crippen molar-refractivity contribution < 1.29 is 17.9 Å². The van der Waals surface area contributed by atoms with Crippen LogP contribution in [0.4, 0.5) is 18.9 Å². The van der Waals surface area contributed by atoms with Gasteiger partial charge in [0.25, 0.3) is 0 Å². The van der Waals surface area contributed by atoms with Gasteiger partial charge in [-0.25, -0.2) is 0 Å². The molecule has 0 aliphatic carbocycles. The number of allylic oxidation sites excluding steroid dienone is 1. The number of thiocarbonyl (C=S) groups is 1. The van der Waals surface area contributed by atoms with Crippen LogP contribution in [0.2, 0.25) is 0 Å². The molecule has 2 aromatic carbocycles. The molecule has 0 aromatic heterocycles. The number of alkyl halides is 3. The van der Waals surface area contributed by atoms with Crippen molar-refractivity contribution in [2.24, 2.45) is 0 Å². The van der Waals surface area contributed by atoms with E-state index < -0.39 is 11.9 Å². The molecule has 1 unspecified atom stereocenters. The van der Waals surface area contributed by atoms with Crippen LogP contribution in [0.5, 0.6) is 0 Å². The largest absolute Gasteiger partial charge is 0.453 e. The van der Waals surface area contributed by atoms with E-state index in [4.69, 9.17) is 17.0 Å². The molecule has 0 bridgehead atoms. The summed E-state index contributed by atoms with van der Waals surface area (Å²) < 4.78 is 47.5. The summed E-state index contributed by atoms with van der Waals surface area (Å²) in [4.78, 5) is 1.43. The highest BCUT2D eigenvalue weighted by molar-refractivity contribution is 7.80. The van der Waals surface area contributed by atoms with Gasteiger partial charge in [-0.3, -0.25) is 4.90 Å². The van der Waals surface area contributed by atoms with Crippen LogP contribution in [-0.2, 0) is 10.5 Å². The van der Waals surface area contributed by atoms with Gasteiger partial charge >= 0.3 is 11.9 Å². The van der Waals surface area contributed by atoms with E-state index in [1.807, 2.05) is 6.07 Å². The van der Waals surface area contributed by atoms with Crippen molar-refractivity contribution in [3.05, 3.63) is 78.2 Å². The summed E-state index contributed by atoms with van der Waals surface area (Å²) in [6, 6.07) is 16.2. The lowest BCUT2D eigenvalue weighted by Crippen LogP contribution is -2.65. The Kier molecular flexibility index (Phi) is 4.43. The zero-order valence-corrected chi connectivity index (χ0v) is 14.1. The van der Waals surface area contributed by atoms with Crippen molar-refractivity contribution in [2.75, 3.05) is 4.90 Å². The predicted molar refractivity (Wildman–Crippen MR) is 93.7 cm³/mol. The number of nitrogens with zero attached hydrogens (tertiary/aromatic N) is 1. The van der Waals surface area contributed by atoms with Gasteiger partial charge in [0, 0.05) is 5.56 Å². The van der Waals surface area contributed by atoms with Crippen molar-refractivity contribution in [1.29, 1.82) is 0 Å². The van der Waals surface area contributed by atoms with Gasteiger partial charge in [-0.1, -0.05) is 48.5 Å². The van der Waals surface area contributed by atoms with Crippen molar-refractivity contribution >= 4 is 23.0 Å². The summed E-state index contributed by atoms with van der Waals surface area (Å²) >= 11 is 5.26. The van der Waals surface area contributed by atoms with Crippen molar-refractivity contribution in [1.82, 2.24) is 5.32 Å². The molecule has 0 radical (unpaired) electrons. The highest BCUT2D eigenvalue weighted by Crippen LogP contribution is 2.45. The van der Waals surface area contributed by atoms with Crippen molar-refractivity contribution in [3.8, 4) is 0 Å². The summed E-state index contributed by atoms with van der Waals surface area (Å²) in [5.41, 5.74) is -2.20. The molecule has 130 valence electrons. The predicted octanol–water partition coefficient (Wildman–Crippen LogP) is 4.67. The first-order chi connectivity index (χ1) is 11.9. The summed E-state index contributed by atoms with van der Waals surface area (Å²) in [7, 11) is 0. The molecule has 0 saturated carbocycles. The Labute approximate surface area is 148 Å². The minimum Gasteiger partial charge on any atom is -0.439 e. The normalized spacial score (nSPS) is 22.5. The van der Waals surface area contributed by atoms with Gasteiger partial charge in [0.15, 0.2) is 11.0 Å². The van der Waals surface area contributed by atoms with E-state index in [-0.39, 0.29) is 16.6 Å². The molecule has 3 rings (SSSR count). The maximum atomic E-state index is 14.0. The molecule has 1 N–H and O–H groups in total. The maximum absolute atomic E-state index is 14.0. The van der Waals surface area contributed by atoms with Crippen LogP contribution in [0.3, 0.4) is 0 Å². The lowest BCUT2D eigenvalue weighted by molar-refractivity contribution is -0.283. The molecule has 25 heavy (non-hydrogen) atoms. The fourth-order valence-corrected chi connectivity index (χ4v) is 2.98. The Morgan fingerprint density at radius 1 is 1.04 bits per heavy atom. The van der Waals surface area contributed by atoms with Gasteiger partial charge in [-0.2, -0.15) is 13.2 Å². The monoisotopic (exact) mass is 364 g/mol. The Balaban J connectivity index is 2.10. The second-order valence-corrected chi connectivity index (χ2v) is 5.76. The second kappa shape index (κ2) is 6.40. The molecule has 0 spiro atoms. The van der Waals surface area contributed by atoms with Gasteiger partial charge in [0.05, 0.1) is 5.69 Å². The van der Waals surface area contributed by atoms with Crippen LogP contribution in [0.15, 0.2) is 72.6 Å². The smallest absolute Gasteiger partial charge is 0.439 e. The molecule has 1 fully saturated rings. The Morgan fingerprint density at radius 3 is 2.12 bits per heavy atom. The highest BCUT2D eigenvalue weighted by Gasteiger charge is 2.62. The molecule has 1 aliphatic heterocycles. The fraction of sp³-hybridized carbons (Fsp3) is 0.167. The van der Waals surface area contributed by atoms with Gasteiger partial charge in [0.1, 0.15) is 0 Å². The fourth-order valence-electron chi connectivity index (χ4n) is 2.64. The number of nitrogens with one attached hydrogen (secondary N) is 1. The number of hydrogen-bond donors (Lipinski definition) is 1. The van der Waals surface area contributed by atoms with Gasteiger partial charge in [-0.05, 0) is 37.4 Å². The van der Waals surface area contributed by atoms with E-state index in [0.717, 1.165) is 0 Å². The van der Waals surface area contributed by atoms with E-state index in [9.17, 15) is 13.2 Å². The molecule has 1 aliphatic rings. The number of hydrogen-bond acceptors (Lipinski definition) is 2. The molecule has 7 heteroatoms. The first-order valence-electron chi connectivity index (χ1n) is 7.54. The minimum atomic E-state index is -4.73. The van der Waals surface area contributed by atoms with Gasteiger partial charge in [0.2, 0.25) is 0 Å². The SMILES string of the molecule is CC=C1OC(c2ccccc2)(C(F)(F)F)NC(=S)N1c1ccccc1. The molecule has 0 amide bonds. The molecule has 3 nitrogen and oxygen atoms in total. The van der Waals surface area contributed by atoms with Crippen LogP contribution in [0.1, 0.15) is 12.5 Å². The van der Waals surface area contributed by atoms with E-state index in [2.05, 4.69) is 5.32 Å². The van der Waals surface area contributed by atoms with Crippen molar-refractivity contribution in [3.63, 3.8) is 0 Å². The van der Waals surface area contributed by atoms with Crippen LogP contribution in [-0.4, -0.2) is 11.3 Å². The van der Waals surface area contributed by atoms with E-state index in [1.165, 1.54) is 35.2 Å². The molecular formula is C18H15F3N2OS. The third-order valence-corrected chi connectivity index (χ3v) is 4.09. The zero-order chi connectivity index (χ0) is 18.1. The molecule has 1 heterocycles. The van der Waals surface area contributed by atoms with E-state index in [0.29, 0.717) is 5.69 Å². The third kappa shape index (κ3) is 2.95. The third-order valence-electron chi connectivity index (χ3n) is 3.80. The molecule has 2 aromatic rings.